The molecule has 44 heavy (non-hydrogen) atoms. The summed E-state index contributed by atoms with van der Waals surface area (Å²) in [6.45, 7) is 1.01. The Morgan fingerprint density at radius 2 is 1.25 bits per heavy atom. The number of sulfonamides is 2. The van der Waals surface area contributed by atoms with Gasteiger partial charge in [-0.3, -0.25) is 29.8 Å². The quantitative estimate of drug-likeness (QED) is 0.145. The predicted octanol–water partition coefficient (Wildman–Crippen LogP) is 1.87. The summed E-state index contributed by atoms with van der Waals surface area (Å²) in [5.74, 6) is -4.06. The molecule has 0 saturated carbocycles. The van der Waals surface area contributed by atoms with E-state index in [0.717, 1.165) is 75.6 Å². The number of nitro groups is 2. The molecule has 0 bridgehead atoms. The lowest BCUT2D eigenvalue weighted by Gasteiger charge is -2.37. The molecule has 236 valence electrons. The molecule has 1 aliphatic rings. The molecule has 0 unspecified atom stereocenters. The number of carbonyl (C=O) groups excluding carboxylic acids is 3. The van der Waals surface area contributed by atoms with E-state index in [-0.39, 0.29) is 9.28 Å². The Labute approximate surface area is 250 Å². The van der Waals surface area contributed by atoms with E-state index in [1.54, 1.807) is 0 Å². The molecular weight excluding hydrogens is 630 g/mol. The zero-order valence-corrected chi connectivity index (χ0v) is 24.8. The van der Waals surface area contributed by atoms with E-state index in [4.69, 9.17) is 14.2 Å². The Kier molecular flexibility index (Phi) is 10.2. The minimum absolute atomic E-state index is 0.0224. The highest BCUT2D eigenvalue weighted by molar-refractivity contribution is 8.04. The van der Waals surface area contributed by atoms with Crippen LogP contribution >= 0.6 is 0 Å². The Morgan fingerprint density at radius 3 is 1.61 bits per heavy atom. The molecule has 0 aromatic heterocycles. The molecule has 0 radical (unpaired) electrons. The van der Waals surface area contributed by atoms with E-state index in [1.165, 1.54) is 0 Å². The number of carbonyl (C=O) groups is 3. The van der Waals surface area contributed by atoms with Gasteiger partial charge in [0.1, 0.15) is 6.10 Å². The van der Waals surface area contributed by atoms with Gasteiger partial charge in [0.2, 0.25) is 0 Å². The highest BCUT2D eigenvalue weighted by Crippen LogP contribution is 2.35. The lowest BCUT2D eigenvalue weighted by molar-refractivity contribution is -0.385. The molecule has 2 aromatic rings. The fraction of sp³-hybridized carbons (Fsp3) is 0.320. The number of nitrogens with zero attached hydrogens (tertiary/aromatic N) is 3. The molecule has 17 nitrogen and oxygen atoms in total. The summed E-state index contributed by atoms with van der Waals surface area (Å²) < 4.78 is 70.9. The standard InChI is InChI=1S/C25H25N3O14S2/c1-15(29)41-23-13-17(25(31)40-3)12-18(24(23)42-16(2)30)14-26(43(36,37)21-8-4-19(5-9-21)27(32)33)44(38,39)22-10-6-20(7-11-22)28(34)35/h4-11,13,18,23-24H,12,14H2,1-3H3/t18-,23-,24-/m0/s1. The van der Waals surface area contributed by atoms with Crippen LogP contribution in [0.1, 0.15) is 20.3 Å². The van der Waals surface area contributed by atoms with Gasteiger partial charge in [0.15, 0.2) is 6.10 Å². The van der Waals surface area contributed by atoms with Crippen LogP contribution in [0.15, 0.2) is 70.0 Å². The molecule has 3 rings (SSSR count). The third-order valence-corrected chi connectivity index (χ3v) is 10.6. The summed E-state index contributed by atoms with van der Waals surface area (Å²) in [5.41, 5.74) is -1.13. The highest BCUT2D eigenvalue weighted by Gasteiger charge is 2.46. The number of hydrogen-bond acceptors (Lipinski definition) is 14. The number of hydrogen-bond donors (Lipinski definition) is 0. The van der Waals surface area contributed by atoms with Crippen molar-refractivity contribution in [3.63, 3.8) is 0 Å². The van der Waals surface area contributed by atoms with Gasteiger partial charge < -0.3 is 14.2 Å². The first-order valence-electron chi connectivity index (χ1n) is 12.4. The van der Waals surface area contributed by atoms with Crippen LogP contribution in [0.3, 0.4) is 0 Å². The van der Waals surface area contributed by atoms with E-state index in [0.29, 0.717) is 0 Å². The summed E-state index contributed by atoms with van der Waals surface area (Å²) in [4.78, 5) is 55.6. The summed E-state index contributed by atoms with van der Waals surface area (Å²) in [6, 6.07) is 6.55. The van der Waals surface area contributed by atoms with Crippen LogP contribution < -0.4 is 0 Å². The highest BCUT2D eigenvalue weighted by atomic mass is 32.3. The first kappa shape index (κ1) is 33.7. The molecule has 0 amide bonds. The Morgan fingerprint density at radius 1 is 0.818 bits per heavy atom. The van der Waals surface area contributed by atoms with Gasteiger partial charge in [-0.25, -0.2) is 21.6 Å². The van der Waals surface area contributed by atoms with Crippen molar-refractivity contribution in [2.24, 2.45) is 5.92 Å². The maximum Gasteiger partial charge on any atom is 0.333 e. The van der Waals surface area contributed by atoms with E-state index < -0.39 is 100 Å². The molecule has 0 heterocycles. The number of nitro benzene ring substituents is 2. The van der Waals surface area contributed by atoms with Gasteiger partial charge >= 0.3 is 17.9 Å². The van der Waals surface area contributed by atoms with E-state index in [9.17, 15) is 51.4 Å². The normalized spacial score (nSPS) is 18.5. The Balaban J connectivity index is 2.23. The fourth-order valence-corrected chi connectivity index (χ4v) is 8.11. The molecule has 19 heteroatoms. The van der Waals surface area contributed by atoms with Crippen LogP contribution in [-0.4, -0.2) is 74.2 Å². The maximum absolute atomic E-state index is 13.9. The van der Waals surface area contributed by atoms with Crippen LogP contribution in [0.4, 0.5) is 11.4 Å². The van der Waals surface area contributed by atoms with Crippen molar-refractivity contribution in [1.29, 1.82) is 0 Å². The largest absolute Gasteiger partial charge is 0.466 e. The second kappa shape index (κ2) is 13.3. The minimum atomic E-state index is -5.11. The van der Waals surface area contributed by atoms with Gasteiger partial charge in [0.05, 0.1) is 26.7 Å². The van der Waals surface area contributed by atoms with Gasteiger partial charge in [0, 0.05) is 56.1 Å². The zero-order chi connectivity index (χ0) is 33.0. The molecule has 1 aliphatic carbocycles. The predicted molar refractivity (Wildman–Crippen MR) is 147 cm³/mol. The van der Waals surface area contributed by atoms with Gasteiger partial charge in [-0.05, 0) is 36.8 Å². The fourth-order valence-electron chi connectivity index (χ4n) is 4.36. The SMILES string of the molecule is COC(=O)C1=C[C@H](OC(C)=O)[C@@H](OC(C)=O)[C@H](CN(S(=O)(=O)c2ccc([N+](=O)[O-])cc2)S(=O)(=O)c2ccc([N+](=O)[O-])cc2)C1. The van der Waals surface area contributed by atoms with Gasteiger partial charge in [0.25, 0.3) is 31.4 Å². The summed E-state index contributed by atoms with van der Waals surface area (Å²) in [6.07, 6.45) is -2.23. The lowest BCUT2D eigenvalue weighted by Crippen LogP contribution is -2.49. The van der Waals surface area contributed by atoms with Crippen LogP contribution in [0.2, 0.25) is 0 Å². The minimum Gasteiger partial charge on any atom is -0.466 e. The summed E-state index contributed by atoms with van der Waals surface area (Å²) in [5, 5.41) is 22.2. The Bertz CT molecular complexity index is 1630. The number of ether oxygens (including phenoxy) is 3. The molecule has 0 aliphatic heterocycles. The van der Waals surface area contributed by atoms with Gasteiger partial charge in [-0.15, -0.1) is 0 Å². The average molecular weight is 656 g/mol. The summed E-state index contributed by atoms with van der Waals surface area (Å²) in [7, 11) is -9.17. The Hall–Kier alpha value is -4.75. The number of non-ortho nitro benzene ring substituents is 2. The molecule has 0 fully saturated rings. The number of methoxy groups -OCH3 is 1. The third-order valence-electron chi connectivity index (χ3n) is 6.30. The monoisotopic (exact) mass is 655 g/mol. The average Bonchev–Trinajstić information content (AvgIpc) is 2.96. The van der Waals surface area contributed by atoms with E-state index >= 15 is 0 Å². The van der Waals surface area contributed by atoms with Gasteiger partial charge in [-0.2, -0.15) is 0 Å². The maximum atomic E-state index is 13.9. The second-order valence-corrected chi connectivity index (χ2v) is 13.2. The van der Waals surface area contributed by atoms with Crippen LogP contribution in [0, 0.1) is 26.1 Å². The zero-order valence-electron chi connectivity index (χ0n) is 23.2. The first-order chi connectivity index (χ1) is 20.5. The van der Waals surface area contributed by atoms with Crippen molar-refractivity contribution in [1.82, 2.24) is 3.71 Å². The van der Waals surface area contributed by atoms with E-state index in [2.05, 4.69) is 0 Å². The lowest BCUT2D eigenvalue weighted by atomic mass is 9.84. The van der Waals surface area contributed by atoms with Crippen molar-refractivity contribution in [3.05, 3.63) is 80.4 Å². The molecule has 0 saturated heterocycles. The molecule has 3 atom stereocenters. The number of benzene rings is 2. The van der Waals surface area contributed by atoms with E-state index in [1.807, 2.05) is 0 Å². The van der Waals surface area contributed by atoms with Crippen LogP contribution in [0.5, 0.6) is 0 Å². The van der Waals surface area contributed by atoms with Crippen molar-refractivity contribution in [3.8, 4) is 0 Å². The van der Waals surface area contributed by atoms with Gasteiger partial charge in [-0.1, -0.05) is 3.71 Å². The first-order valence-corrected chi connectivity index (χ1v) is 15.3. The molecule has 0 N–H and O–H groups in total. The number of esters is 3. The third kappa shape index (κ3) is 7.41. The summed E-state index contributed by atoms with van der Waals surface area (Å²) >= 11 is 0. The number of rotatable bonds is 11. The molecule has 0 spiro atoms. The van der Waals surface area contributed by atoms with Crippen molar-refractivity contribution >= 4 is 49.3 Å². The van der Waals surface area contributed by atoms with Crippen molar-refractivity contribution < 1.29 is 55.3 Å². The second-order valence-electron chi connectivity index (χ2n) is 9.26. The van der Waals surface area contributed by atoms with Crippen LogP contribution in [-0.2, 0) is 48.6 Å². The van der Waals surface area contributed by atoms with Crippen LogP contribution in [0.25, 0.3) is 0 Å². The topological polar surface area (TPSA) is 237 Å². The van der Waals surface area contributed by atoms with Crippen molar-refractivity contribution in [2.45, 2.75) is 42.3 Å². The van der Waals surface area contributed by atoms with Crippen molar-refractivity contribution in [2.75, 3.05) is 13.7 Å². The smallest absolute Gasteiger partial charge is 0.333 e. The molecule has 2 aromatic carbocycles. The molecular formula is C25H25N3O14S2.